The van der Waals surface area contributed by atoms with Gasteiger partial charge in [-0.1, -0.05) is 0 Å². The summed E-state index contributed by atoms with van der Waals surface area (Å²) >= 11 is -4.48. The molecule has 0 fully saturated rings. The zero-order valence-corrected chi connectivity index (χ0v) is 19.9. The van der Waals surface area contributed by atoms with Gasteiger partial charge in [0.25, 0.3) is 0 Å². The first-order valence-electron chi connectivity index (χ1n) is 9.47. The molecule has 0 aromatic carbocycles. The average Bonchev–Trinajstić information content (AvgIpc) is 2.63. The molecule has 0 aromatic heterocycles. The third kappa shape index (κ3) is 17.2. The van der Waals surface area contributed by atoms with Crippen molar-refractivity contribution in [2.24, 2.45) is 0 Å². The van der Waals surface area contributed by atoms with E-state index in [1.165, 1.54) is 0 Å². The monoisotopic (exact) mass is 452 g/mol. The molecule has 0 N–H and O–H groups in total. The van der Waals surface area contributed by atoms with Crippen molar-refractivity contribution in [1.82, 2.24) is 0 Å². The molecule has 0 saturated heterocycles. The van der Waals surface area contributed by atoms with Crippen molar-refractivity contribution in [3.05, 3.63) is 0 Å². The minimum absolute atomic E-state index is 0. The summed E-state index contributed by atoms with van der Waals surface area (Å²) in [7, 11) is 0. The first-order chi connectivity index (χ1) is 12.2. The van der Waals surface area contributed by atoms with E-state index in [0.717, 1.165) is 51.4 Å². The Bertz CT molecular complexity index is 221. The smallest absolute Gasteiger partial charge is 0 e. The van der Waals surface area contributed by atoms with Gasteiger partial charge in [0.1, 0.15) is 0 Å². The molecular formula is C16H36O8Ti2. The minimum Gasteiger partial charge on any atom is 0 e. The summed E-state index contributed by atoms with van der Waals surface area (Å²) in [4.78, 5) is 20.7. The van der Waals surface area contributed by atoms with Crippen LogP contribution in [0.25, 0.3) is 0 Å². The Kier molecular flexibility index (Phi) is 25.3. The molecule has 0 aliphatic rings. The van der Waals surface area contributed by atoms with Crippen molar-refractivity contribution in [2.75, 3.05) is 26.4 Å². The van der Waals surface area contributed by atoms with Gasteiger partial charge in [-0.15, -0.1) is 0 Å². The summed E-state index contributed by atoms with van der Waals surface area (Å²) in [5.41, 5.74) is 0. The molecular weight excluding hydrogens is 416 g/mol. The fourth-order valence-corrected chi connectivity index (χ4v) is 3.03. The molecule has 0 aliphatic carbocycles. The molecule has 0 aliphatic heterocycles. The van der Waals surface area contributed by atoms with Crippen molar-refractivity contribution >= 4 is 0 Å². The molecule has 0 bridgehead atoms. The van der Waals surface area contributed by atoms with Crippen LogP contribution in [-0.2, 0) is 73.3 Å². The van der Waals surface area contributed by atoms with Crippen molar-refractivity contribution in [3.8, 4) is 0 Å². The molecule has 0 heterocycles. The first-order valence-corrected chi connectivity index (χ1v) is 12.0. The fraction of sp³-hybridized carbons (Fsp3) is 1.00. The second kappa shape index (κ2) is 22.4. The average molecular weight is 452 g/mol. The van der Waals surface area contributed by atoms with E-state index in [0.29, 0.717) is 26.4 Å². The van der Waals surface area contributed by atoms with E-state index in [1.54, 1.807) is 0 Å². The van der Waals surface area contributed by atoms with Crippen LogP contribution in [-0.4, -0.2) is 26.4 Å². The zero-order valence-electron chi connectivity index (χ0n) is 16.8. The van der Waals surface area contributed by atoms with Crippen LogP contribution in [0.2, 0.25) is 0 Å². The van der Waals surface area contributed by atoms with Gasteiger partial charge in [0.15, 0.2) is 0 Å². The van der Waals surface area contributed by atoms with Gasteiger partial charge >= 0.3 is 157 Å². The van der Waals surface area contributed by atoms with Crippen molar-refractivity contribution in [1.29, 1.82) is 0 Å². The van der Waals surface area contributed by atoms with Crippen molar-refractivity contribution in [3.63, 3.8) is 0 Å². The molecule has 0 rings (SSSR count). The Labute approximate surface area is 178 Å². The van der Waals surface area contributed by atoms with Gasteiger partial charge in [0.2, 0.25) is 0 Å². The molecule has 10 heteroatoms. The Morgan fingerprint density at radius 3 is 0.885 bits per heavy atom. The third-order valence-corrected chi connectivity index (χ3v) is 4.98. The van der Waals surface area contributed by atoms with Crippen LogP contribution in [0.4, 0.5) is 0 Å². The van der Waals surface area contributed by atoms with Gasteiger partial charge in [-0.05, 0) is 0 Å². The van der Waals surface area contributed by atoms with Gasteiger partial charge in [0, 0.05) is 21.7 Å². The number of rotatable bonds is 20. The minimum atomic E-state index is -4.48. The van der Waals surface area contributed by atoms with E-state index in [-0.39, 0.29) is 21.7 Å². The fourth-order valence-electron chi connectivity index (χ4n) is 1.35. The number of hydrogen-bond donors (Lipinski definition) is 0. The van der Waals surface area contributed by atoms with Gasteiger partial charge in [-0.25, -0.2) is 0 Å². The molecule has 0 unspecified atom stereocenters. The van der Waals surface area contributed by atoms with E-state index in [9.17, 15) is 0 Å². The Morgan fingerprint density at radius 1 is 0.462 bits per heavy atom. The van der Waals surface area contributed by atoms with Crippen LogP contribution in [0, 0.1) is 0 Å². The standard InChI is InChI=1S/4C4H10O2.2Ti/c4*1-2-3-4-6-5;;/h4*5H,2-4H2,1H3;;/q;;;;;+4/p-4. The quantitative estimate of drug-likeness (QED) is 0.113. The predicted molar refractivity (Wildman–Crippen MR) is 87.8 cm³/mol. The number of unbranched alkanes of at least 4 members (excludes halogenated alkanes) is 4. The van der Waals surface area contributed by atoms with E-state index in [1.807, 2.05) is 0 Å². The SMILES string of the molecule is CCCCO[O][Ti]([O]OCCCC)([O]OCCCC)[O]OCCCC.[Ti]. The second-order valence-corrected chi connectivity index (χ2v) is 8.14. The maximum Gasteiger partial charge on any atom is 0 e. The maximum atomic E-state index is 5.32. The van der Waals surface area contributed by atoms with Gasteiger partial charge in [-0.2, -0.15) is 0 Å². The predicted octanol–water partition coefficient (Wildman–Crippen LogP) is 4.79. The molecule has 26 heavy (non-hydrogen) atoms. The summed E-state index contributed by atoms with van der Waals surface area (Å²) in [5.74, 6) is 0. The summed E-state index contributed by atoms with van der Waals surface area (Å²) in [6, 6.07) is 0. The Balaban J connectivity index is 0. The Morgan fingerprint density at radius 2 is 0.692 bits per heavy atom. The summed E-state index contributed by atoms with van der Waals surface area (Å²) in [5, 5.41) is 0. The summed E-state index contributed by atoms with van der Waals surface area (Å²) < 4.78 is 21.3. The molecule has 156 valence electrons. The molecule has 0 aromatic rings. The molecule has 0 saturated carbocycles. The van der Waals surface area contributed by atoms with Gasteiger partial charge in [-0.3, -0.25) is 0 Å². The first kappa shape index (κ1) is 29.3. The van der Waals surface area contributed by atoms with Crippen LogP contribution in [0.5, 0.6) is 0 Å². The second-order valence-electron chi connectivity index (χ2n) is 5.54. The summed E-state index contributed by atoms with van der Waals surface area (Å²) in [6.45, 7) is 9.76. The summed E-state index contributed by atoms with van der Waals surface area (Å²) in [6.07, 6.45) is 7.23. The largest absolute Gasteiger partial charge is 0 e. The third-order valence-electron chi connectivity index (χ3n) is 2.97. The Hall–Kier alpha value is 1.11. The molecule has 0 radical (unpaired) electrons. The molecule has 0 atom stereocenters. The topological polar surface area (TPSA) is 73.8 Å². The van der Waals surface area contributed by atoms with Gasteiger partial charge < -0.3 is 0 Å². The molecule has 8 nitrogen and oxygen atoms in total. The molecule has 0 spiro atoms. The van der Waals surface area contributed by atoms with E-state index in [2.05, 4.69) is 27.7 Å². The van der Waals surface area contributed by atoms with Crippen molar-refractivity contribution in [2.45, 2.75) is 79.1 Å². The maximum absolute atomic E-state index is 5.32. The van der Waals surface area contributed by atoms with E-state index >= 15 is 0 Å². The van der Waals surface area contributed by atoms with Crippen molar-refractivity contribution < 1.29 is 73.3 Å². The van der Waals surface area contributed by atoms with Crippen LogP contribution >= 0.6 is 0 Å². The van der Waals surface area contributed by atoms with Crippen LogP contribution in [0.3, 0.4) is 0 Å². The normalized spacial score (nSPS) is 11.5. The van der Waals surface area contributed by atoms with Gasteiger partial charge in [0.05, 0.1) is 0 Å². The zero-order chi connectivity index (χ0) is 18.6. The van der Waals surface area contributed by atoms with E-state index < -0.39 is 18.1 Å². The van der Waals surface area contributed by atoms with E-state index in [4.69, 9.17) is 33.4 Å². The van der Waals surface area contributed by atoms with Crippen LogP contribution in [0.1, 0.15) is 79.1 Å². The van der Waals surface area contributed by atoms with Crippen LogP contribution < -0.4 is 0 Å². The number of hydrogen-bond acceptors (Lipinski definition) is 8. The molecule has 0 amide bonds. The van der Waals surface area contributed by atoms with Crippen LogP contribution in [0.15, 0.2) is 0 Å².